The Kier molecular flexibility index (Phi) is 4.55. The van der Waals surface area contributed by atoms with E-state index in [2.05, 4.69) is 5.32 Å². The van der Waals surface area contributed by atoms with Crippen molar-refractivity contribution in [2.75, 3.05) is 32.8 Å². The molecule has 5 nitrogen and oxygen atoms in total. The Morgan fingerprint density at radius 1 is 1.20 bits per heavy atom. The van der Waals surface area contributed by atoms with E-state index in [1.54, 1.807) is 14.2 Å². The van der Waals surface area contributed by atoms with Crippen molar-refractivity contribution in [3.8, 4) is 11.5 Å². The minimum Gasteiger partial charge on any atom is -0.497 e. The summed E-state index contributed by atoms with van der Waals surface area (Å²) in [6.07, 6.45) is 0.688. The third-order valence-electron chi connectivity index (χ3n) is 3.78. The third-order valence-corrected chi connectivity index (χ3v) is 5.58. The van der Waals surface area contributed by atoms with Crippen LogP contribution in [0.25, 0.3) is 0 Å². The first-order chi connectivity index (χ1) is 9.49. The molecule has 0 saturated carbocycles. The van der Waals surface area contributed by atoms with Crippen LogP contribution >= 0.6 is 0 Å². The van der Waals surface area contributed by atoms with Crippen LogP contribution in [-0.4, -0.2) is 41.2 Å². The molecule has 0 amide bonds. The Labute approximate surface area is 120 Å². The quantitative estimate of drug-likeness (QED) is 0.890. The fourth-order valence-electron chi connectivity index (χ4n) is 2.77. The van der Waals surface area contributed by atoms with Crippen LogP contribution in [0.5, 0.6) is 11.5 Å². The highest BCUT2D eigenvalue weighted by Crippen LogP contribution is 2.34. The molecule has 0 radical (unpaired) electrons. The molecule has 1 aromatic carbocycles. The zero-order chi connectivity index (χ0) is 14.8. The molecule has 0 bridgehead atoms. The number of ether oxygens (including phenoxy) is 2. The highest BCUT2D eigenvalue weighted by molar-refractivity contribution is 7.91. The number of methoxy groups -OCH3 is 2. The molecular formula is C14H21NO4S. The average Bonchev–Trinajstić information content (AvgIpc) is 2.79. The molecule has 2 rings (SSSR count). The molecule has 112 valence electrons. The predicted molar refractivity (Wildman–Crippen MR) is 78.1 cm³/mol. The summed E-state index contributed by atoms with van der Waals surface area (Å²) >= 11 is 0. The van der Waals surface area contributed by atoms with E-state index in [0.717, 1.165) is 5.56 Å². The first-order valence-electron chi connectivity index (χ1n) is 6.59. The van der Waals surface area contributed by atoms with Gasteiger partial charge in [0.1, 0.15) is 11.5 Å². The van der Waals surface area contributed by atoms with Crippen molar-refractivity contribution in [1.29, 1.82) is 0 Å². The Balaban J connectivity index is 2.32. The summed E-state index contributed by atoms with van der Waals surface area (Å²) in [5, 5.41) is 3.23. The molecule has 1 aliphatic rings. The lowest BCUT2D eigenvalue weighted by molar-refractivity contribution is 0.383. The number of nitrogens with one attached hydrogen (secondary N) is 1. The molecule has 0 aromatic heterocycles. The van der Waals surface area contributed by atoms with Gasteiger partial charge in [-0.25, -0.2) is 8.42 Å². The second kappa shape index (κ2) is 6.01. The van der Waals surface area contributed by atoms with Crippen LogP contribution < -0.4 is 14.8 Å². The maximum Gasteiger partial charge on any atom is 0.150 e. The second-order valence-corrected chi connectivity index (χ2v) is 7.30. The molecule has 1 aromatic rings. The standard InChI is InChI=1S/C14H21NO4S/c1-15-14(10-4-5-20(16,17)9-10)11-6-12(18-2)8-13(7-11)19-3/h6-8,10,14-15H,4-5,9H2,1-3H3. The normalized spacial score (nSPS) is 22.4. The van der Waals surface area contributed by atoms with E-state index < -0.39 is 9.84 Å². The van der Waals surface area contributed by atoms with Crippen LogP contribution in [0.15, 0.2) is 18.2 Å². The van der Waals surface area contributed by atoms with Crippen LogP contribution in [-0.2, 0) is 9.84 Å². The summed E-state index contributed by atoms with van der Waals surface area (Å²) < 4.78 is 33.9. The molecule has 0 aliphatic carbocycles. The van der Waals surface area contributed by atoms with Crippen molar-refractivity contribution in [1.82, 2.24) is 5.32 Å². The lowest BCUT2D eigenvalue weighted by Crippen LogP contribution is -2.26. The largest absolute Gasteiger partial charge is 0.497 e. The molecule has 1 saturated heterocycles. The van der Waals surface area contributed by atoms with Gasteiger partial charge in [0.05, 0.1) is 25.7 Å². The Morgan fingerprint density at radius 2 is 1.80 bits per heavy atom. The fraction of sp³-hybridized carbons (Fsp3) is 0.571. The highest BCUT2D eigenvalue weighted by atomic mass is 32.2. The van der Waals surface area contributed by atoms with Crippen LogP contribution in [0.2, 0.25) is 0 Å². The van der Waals surface area contributed by atoms with Gasteiger partial charge in [-0.05, 0) is 37.1 Å². The highest BCUT2D eigenvalue weighted by Gasteiger charge is 2.34. The first kappa shape index (κ1) is 15.1. The lowest BCUT2D eigenvalue weighted by atomic mass is 9.92. The second-order valence-electron chi connectivity index (χ2n) is 5.08. The van der Waals surface area contributed by atoms with E-state index in [1.165, 1.54) is 0 Å². The summed E-state index contributed by atoms with van der Waals surface area (Å²) in [5.74, 6) is 2.01. The van der Waals surface area contributed by atoms with Crippen molar-refractivity contribution in [3.63, 3.8) is 0 Å². The molecule has 0 spiro atoms. The SMILES string of the molecule is CNC(c1cc(OC)cc(OC)c1)C1CCS(=O)(=O)C1. The molecule has 1 aliphatic heterocycles. The van der Waals surface area contributed by atoms with Gasteiger partial charge >= 0.3 is 0 Å². The van der Waals surface area contributed by atoms with E-state index >= 15 is 0 Å². The minimum absolute atomic E-state index is 0.0173. The van der Waals surface area contributed by atoms with Crippen molar-refractivity contribution in [3.05, 3.63) is 23.8 Å². The molecule has 20 heavy (non-hydrogen) atoms. The van der Waals surface area contributed by atoms with Gasteiger partial charge in [-0.15, -0.1) is 0 Å². The van der Waals surface area contributed by atoms with E-state index in [1.807, 2.05) is 25.2 Å². The summed E-state index contributed by atoms with van der Waals surface area (Å²) in [7, 11) is 2.16. The van der Waals surface area contributed by atoms with Crippen LogP contribution in [0.3, 0.4) is 0 Å². The molecule has 6 heteroatoms. The Bertz CT molecular complexity index is 548. The van der Waals surface area contributed by atoms with Gasteiger partial charge in [-0.2, -0.15) is 0 Å². The van der Waals surface area contributed by atoms with Crippen molar-refractivity contribution >= 4 is 9.84 Å². The van der Waals surface area contributed by atoms with Crippen molar-refractivity contribution in [2.45, 2.75) is 12.5 Å². The van der Waals surface area contributed by atoms with Gasteiger partial charge in [0.15, 0.2) is 9.84 Å². The van der Waals surface area contributed by atoms with Crippen LogP contribution in [0.4, 0.5) is 0 Å². The molecule has 1 fully saturated rings. The molecular weight excluding hydrogens is 278 g/mol. The topological polar surface area (TPSA) is 64.6 Å². The van der Waals surface area contributed by atoms with Gasteiger partial charge in [-0.1, -0.05) is 0 Å². The van der Waals surface area contributed by atoms with Crippen molar-refractivity contribution < 1.29 is 17.9 Å². The molecule has 2 atom stereocenters. The lowest BCUT2D eigenvalue weighted by Gasteiger charge is -2.23. The number of sulfone groups is 1. The Hall–Kier alpha value is -1.27. The van der Waals surface area contributed by atoms with E-state index in [9.17, 15) is 8.42 Å². The number of hydrogen-bond acceptors (Lipinski definition) is 5. The number of benzene rings is 1. The van der Waals surface area contributed by atoms with Gasteiger partial charge in [0.2, 0.25) is 0 Å². The zero-order valence-electron chi connectivity index (χ0n) is 12.0. The Morgan fingerprint density at radius 3 is 2.20 bits per heavy atom. The van der Waals surface area contributed by atoms with Crippen LogP contribution in [0, 0.1) is 5.92 Å². The maximum absolute atomic E-state index is 11.7. The van der Waals surface area contributed by atoms with Crippen LogP contribution in [0.1, 0.15) is 18.0 Å². The third kappa shape index (κ3) is 3.24. The molecule has 1 N–H and O–H groups in total. The summed E-state index contributed by atoms with van der Waals surface area (Å²) in [5.41, 5.74) is 0.991. The molecule has 1 heterocycles. The maximum atomic E-state index is 11.7. The van der Waals surface area contributed by atoms with Gasteiger partial charge < -0.3 is 14.8 Å². The van der Waals surface area contributed by atoms with Gasteiger partial charge in [0, 0.05) is 12.1 Å². The fourth-order valence-corrected chi connectivity index (χ4v) is 4.61. The molecule has 2 unspecified atom stereocenters. The van der Waals surface area contributed by atoms with Crippen molar-refractivity contribution in [2.24, 2.45) is 5.92 Å². The zero-order valence-corrected chi connectivity index (χ0v) is 12.9. The number of rotatable bonds is 5. The monoisotopic (exact) mass is 299 g/mol. The summed E-state index contributed by atoms with van der Waals surface area (Å²) in [6, 6.07) is 5.64. The summed E-state index contributed by atoms with van der Waals surface area (Å²) in [6.45, 7) is 0. The summed E-state index contributed by atoms with van der Waals surface area (Å²) in [4.78, 5) is 0. The predicted octanol–water partition coefficient (Wildman–Crippen LogP) is 1.40. The first-order valence-corrected chi connectivity index (χ1v) is 8.42. The number of hydrogen-bond donors (Lipinski definition) is 1. The van der Waals surface area contributed by atoms with E-state index in [-0.39, 0.29) is 23.5 Å². The smallest absolute Gasteiger partial charge is 0.150 e. The van der Waals surface area contributed by atoms with Gasteiger partial charge in [0.25, 0.3) is 0 Å². The minimum atomic E-state index is -2.89. The average molecular weight is 299 g/mol. The van der Waals surface area contributed by atoms with E-state index in [0.29, 0.717) is 17.9 Å². The van der Waals surface area contributed by atoms with Gasteiger partial charge in [-0.3, -0.25) is 0 Å². The van der Waals surface area contributed by atoms with E-state index in [4.69, 9.17) is 9.47 Å².